The van der Waals surface area contributed by atoms with Gasteiger partial charge in [0.05, 0.1) is 5.69 Å². The highest BCUT2D eigenvalue weighted by Crippen LogP contribution is 2.41. The van der Waals surface area contributed by atoms with Crippen LogP contribution in [-0.2, 0) is 17.6 Å². The van der Waals surface area contributed by atoms with Gasteiger partial charge in [0, 0.05) is 67.3 Å². The Morgan fingerprint density at radius 3 is 2.65 bits per heavy atom. The molecule has 3 heterocycles. The van der Waals surface area contributed by atoms with Gasteiger partial charge < -0.3 is 15.0 Å². The lowest BCUT2D eigenvalue weighted by molar-refractivity contribution is -0.134. The van der Waals surface area contributed by atoms with Crippen molar-refractivity contribution in [1.82, 2.24) is 25.2 Å². The van der Waals surface area contributed by atoms with E-state index in [1.807, 2.05) is 6.92 Å². The molecule has 0 bridgehead atoms. The van der Waals surface area contributed by atoms with Crippen molar-refractivity contribution in [3.8, 4) is 5.19 Å². The van der Waals surface area contributed by atoms with Crippen LogP contribution in [0.5, 0.6) is 5.19 Å². The molecule has 7 nitrogen and oxygen atoms in total. The number of nitrogens with one attached hydrogen (secondary N) is 1. The molecule has 1 aliphatic heterocycles. The van der Waals surface area contributed by atoms with Crippen molar-refractivity contribution in [3.63, 3.8) is 0 Å². The Labute approximate surface area is 220 Å². The van der Waals surface area contributed by atoms with Crippen molar-refractivity contribution in [2.45, 2.75) is 82.8 Å². The standard InChI is InChI=1S/C27H35F2N5O2S/c1-18-30-16-20(17-31-18)4-7-25(35)32-21-5-2-19(3-6-21)8-11-34-12-9-23-24(10-13-34)37-26(33-23)36-22-14-27(28,29)15-22/h4,7,16-17,19,21-22H,2-3,5-6,8-15H2,1H3,(H,32,35)/b7-4+/t19-,21-. The summed E-state index contributed by atoms with van der Waals surface area (Å²) in [6, 6.07) is 0.241. The Morgan fingerprint density at radius 2 is 1.92 bits per heavy atom. The molecule has 0 spiro atoms. The lowest BCUT2D eigenvalue weighted by Gasteiger charge is -2.33. The molecule has 3 aliphatic rings. The maximum Gasteiger partial charge on any atom is 0.273 e. The minimum atomic E-state index is -2.57. The zero-order chi connectivity index (χ0) is 25.8. The molecule has 1 amide bonds. The fourth-order valence-corrected chi connectivity index (χ4v) is 6.37. The number of carbonyl (C=O) groups is 1. The van der Waals surface area contributed by atoms with E-state index in [9.17, 15) is 13.6 Å². The summed E-state index contributed by atoms with van der Waals surface area (Å²) in [4.78, 5) is 29.0. The fraction of sp³-hybridized carbons (Fsp3) is 0.630. The summed E-state index contributed by atoms with van der Waals surface area (Å²) in [5, 5.41) is 3.70. The summed E-state index contributed by atoms with van der Waals surface area (Å²) in [5.74, 6) is -1.22. The van der Waals surface area contributed by atoms with Gasteiger partial charge in [-0.1, -0.05) is 11.3 Å². The first-order valence-electron chi connectivity index (χ1n) is 13.3. The average molecular weight is 532 g/mol. The number of hydrogen-bond acceptors (Lipinski definition) is 7. The quantitative estimate of drug-likeness (QED) is 0.502. The van der Waals surface area contributed by atoms with Gasteiger partial charge in [-0.3, -0.25) is 4.79 Å². The number of carbonyl (C=O) groups excluding carboxylic acids is 1. The molecule has 10 heteroatoms. The van der Waals surface area contributed by atoms with E-state index < -0.39 is 12.0 Å². The second kappa shape index (κ2) is 11.5. The first-order valence-corrected chi connectivity index (χ1v) is 14.2. The molecule has 2 saturated carbocycles. The molecule has 37 heavy (non-hydrogen) atoms. The van der Waals surface area contributed by atoms with Crippen LogP contribution >= 0.6 is 11.3 Å². The first-order chi connectivity index (χ1) is 17.8. The number of hydrogen-bond donors (Lipinski definition) is 1. The average Bonchev–Trinajstić information content (AvgIpc) is 3.14. The molecule has 2 aliphatic carbocycles. The lowest BCUT2D eigenvalue weighted by atomic mass is 9.84. The molecule has 5 rings (SSSR count). The minimum Gasteiger partial charge on any atom is -0.466 e. The molecular weight excluding hydrogens is 496 g/mol. The molecular formula is C27H35F2N5O2S. The predicted octanol–water partition coefficient (Wildman–Crippen LogP) is 4.60. The molecule has 0 atom stereocenters. The zero-order valence-corrected chi connectivity index (χ0v) is 22.1. The third kappa shape index (κ3) is 7.31. The van der Waals surface area contributed by atoms with Crippen molar-refractivity contribution in [2.24, 2.45) is 5.92 Å². The third-order valence-electron chi connectivity index (χ3n) is 7.67. The summed E-state index contributed by atoms with van der Waals surface area (Å²) in [7, 11) is 0. The van der Waals surface area contributed by atoms with Gasteiger partial charge in [0.25, 0.3) is 11.1 Å². The maximum absolute atomic E-state index is 13.1. The van der Waals surface area contributed by atoms with Crippen LogP contribution in [0.1, 0.15) is 66.9 Å². The second-order valence-electron chi connectivity index (χ2n) is 10.6. The normalized spacial score (nSPS) is 24.3. The number of alkyl halides is 2. The highest BCUT2D eigenvalue weighted by atomic mass is 32.1. The number of amides is 1. The van der Waals surface area contributed by atoms with Crippen LogP contribution in [0.25, 0.3) is 6.08 Å². The molecule has 1 N–H and O–H groups in total. The van der Waals surface area contributed by atoms with E-state index in [-0.39, 0.29) is 24.8 Å². The van der Waals surface area contributed by atoms with Crippen molar-refractivity contribution < 1.29 is 18.3 Å². The third-order valence-corrected chi connectivity index (χ3v) is 8.72. The van der Waals surface area contributed by atoms with Crippen LogP contribution in [0.2, 0.25) is 0 Å². The number of nitrogens with zero attached hydrogens (tertiary/aromatic N) is 4. The smallest absolute Gasteiger partial charge is 0.273 e. The molecule has 0 radical (unpaired) electrons. The molecule has 2 aromatic heterocycles. The highest BCUT2D eigenvalue weighted by molar-refractivity contribution is 7.13. The van der Waals surface area contributed by atoms with Crippen LogP contribution < -0.4 is 10.1 Å². The lowest BCUT2D eigenvalue weighted by Crippen LogP contribution is -2.43. The van der Waals surface area contributed by atoms with E-state index in [4.69, 9.17) is 4.74 Å². The minimum absolute atomic E-state index is 0.0612. The molecule has 0 saturated heterocycles. The number of halogens is 2. The molecule has 0 unspecified atom stereocenters. The summed E-state index contributed by atoms with van der Waals surface area (Å²) >= 11 is 1.53. The second-order valence-corrected chi connectivity index (χ2v) is 11.7. The Morgan fingerprint density at radius 1 is 1.19 bits per heavy atom. The van der Waals surface area contributed by atoms with E-state index >= 15 is 0 Å². The monoisotopic (exact) mass is 531 g/mol. The van der Waals surface area contributed by atoms with Gasteiger partial charge in [-0.2, -0.15) is 0 Å². The predicted molar refractivity (Wildman–Crippen MR) is 139 cm³/mol. The summed E-state index contributed by atoms with van der Waals surface area (Å²) in [6.07, 6.45) is 13.3. The molecule has 200 valence electrons. The van der Waals surface area contributed by atoms with Gasteiger partial charge in [-0.25, -0.2) is 23.7 Å². The molecule has 2 fully saturated rings. The summed E-state index contributed by atoms with van der Waals surface area (Å²) in [6.45, 7) is 4.89. The number of fused-ring (bicyclic) bond motifs is 1. The number of ether oxygens (including phenoxy) is 1. The Balaban J connectivity index is 0.983. The van der Waals surface area contributed by atoms with Crippen molar-refractivity contribution in [1.29, 1.82) is 0 Å². The SMILES string of the molecule is Cc1ncc(/C=C/C(=O)N[C@H]2CC[C@H](CCN3CCc4nc(OC5CC(F)(F)C5)sc4CC3)CC2)cn1. The molecule has 0 aromatic carbocycles. The van der Waals surface area contributed by atoms with Crippen molar-refractivity contribution in [2.75, 3.05) is 19.6 Å². The van der Waals surface area contributed by atoms with Gasteiger partial charge in [-0.05, 0) is 64.0 Å². The van der Waals surface area contributed by atoms with Crippen LogP contribution in [0, 0.1) is 12.8 Å². The van der Waals surface area contributed by atoms with Gasteiger partial charge in [0.1, 0.15) is 11.9 Å². The van der Waals surface area contributed by atoms with E-state index in [2.05, 4.69) is 25.2 Å². The number of thiazole rings is 1. The van der Waals surface area contributed by atoms with Crippen molar-refractivity contribution >= 4 is 23.3 Å². The first kappa shape index (κ1) is 26.2. The van der Waals surface area contributed by atoms with Crippen LogP contribution in [0.15, 0.2) is 18.5 Å². The maximum atomic E-state index is 13.1. The number of aryl methyl sites for hydroxylation is 1. The van der Waals surface area contributed by atoms with E-state index in [0.29, 0.717) is 16.9 Å². The van der Waals surface area contributed by atoms with Gasteiger partial charge in [0.15, 0.2) is 0 Å². The van der Waals surface area contributed by atoms with Crippen molar-refractivity contribution in [3.05, 3.63) is 40.4 Å². The Kier molecular flexibility index (Phi) is 8.14. The number of rotatable bonds is 8. The van der Waals surface area contributed by atoms with E-state index in [1.165, 1.54) is 22.6 Å². The van der Waals surface area contributed by atoms with E-state index in [1.54, 1.807) is 24.5 Å². The summed E-state index contributed by atoms with van der Waals surface area (Å²) < 4.78 is 31.8. The summed E-state index contributed by atoms with van der Waals surface area (Å²) in [5.41, 5.74) is 1.90. The van der Waals surface area contributed by atoms with Crippen LogP contribution in [-0.4, -0.2) is 63.5 Å². The van der Waals surface area contributed by atoms with Crippen LogP contribution in [0.4, 0.5) is 8.78 Å². The largest absolute Gasteiger partial charge is 0.466 e. The fourth-order valence-electron chi connectivity index (χ4n) is 5.36. The topological polar surface area (TPSA) is 80.2 Å². The zero-order valence-electron chi connectivity index (χ0n) is 21.3. The van der Waals surface area contributed by atoms with Gasteiger partial charge in [-0.15, -0.1) is 0 Å². The Hall–Kier alpha value is -2.46. The Bertz CT molecular complexity index is 1070. The molecule has 2 aromatic rings. The van der Waals surface area contributed by atoms with E-state index in [0.717, 1.165) is 69.4 Å². The van der Waals surface area contributed by atoms with Gasteiger partial charge in [0.2, 0.25) is 5.91 Å². The number of aromatic nitrogens is 3. The van der Waals surface area contributed by atoms with Crippen LogP contribution in [0.3, 0.4) is 0 Å². The van der Waals surface area contributed by atoms with Gasteiger partial charge >= 0.3 is 0 Å². The highest BCUT2D eigenvalue weighted by Gasteiger charge is 2.47.